The number of benzene rings is 2. The maximum absolute atomic E-state index is 11.0. The maximum atomic E-state index is 11.0. The highest BCUT2D eigenvalue weighted by Crippen LogP contribution is 2.35. The summed E-state index contributed by atoms with van der Waals surface area (Å²) in [7, 11) is 0. The highest BCUT2D eigenvalue weighted by molar-refractivity contribution is 7.99. The first-order valence-electron chi connectivity index (χ1n) is 6.00. The number of amidine groups is 1. The molecule has 108 valence electrons. The van der Waals surface area contributed by atoms with Crippen molar-refractivity contribution in [2.45, 2.75) is 9.79 Å². The fraction of sp³-hybridized carbons (Fsp3) is 0.0714. The molecule has 0 aliphatic carbocycles. The molecule has 2 rings (SSSR count). The molecule has 0 aromatic heterocycles. The number of nitrogens with two attached hydrogens (primary N) is 1. The Hall–Kier alpha value is -2.05. The van der Waals surface area contributed by atoms with Gasteiger partial charge in [-0.1, -0.05) is 30.0 Å². The first-order valence-corrected chi connectivity index (χ1v) is 7.35. The second-order valence-corrected chi connectivity index (χ2v) is 5.47. The largest absolute Gasteiger partial charge is 0.386 e. The van der Waals surface area contributed by atoms with Crippen LogP contribution in [0.1, 0.15) is 0 Å². The van der Waals surface area contributed by atoms with E-state index >= 15 is 0 Å². The van der Waals surface area contributed by atoms with Crippen LogP contribution in [0.2, 0.25) is 0 Å². The van der Waals surface area contributed by atoms with E-state index in [1.54, 1.807) is 12.1 Å². The van der Waals surface area contributed by atoms with Gasteiger partial charge in [-0.05, 0) is 24.3 Å². The number of alkyl halides is 1. The summed E-state index contributed by atoms with van der Waals surface area (Å²) in [4.78, 5) is 16.4. The monoisotopic (exact) mass is 321 g/mol. The number of nitro benzene ring substituents is 1. The van der Waals surface area contributed by atoms with Crippen molar-refractivity contribution in [3.05, 3.63) is 58.6 Å². The van der Waals surface area contributed by atoms with Gasteiger partial charge in [-0.3, -0.25) is 10.1 Å². The van der Waals surface area contributed by atoms with Crippen LogP contribution in [-0.2, 0) is 0 Å². The minimum absolute atomic E-state index is 0.0210. The van der Waals surface area contributed by atoms with Gasteiger partial charge in [-0.25, -0.2) is 4.99 Å². The summed E-state index contributed by atoms with van der Waals surface area (Å²) in [6.07, 6.45) is 0. The van der Waals surface area contributed by atoms with Crippen LogP contribution in [0.25, 0.3) is 0 Å². The first kappa shape index (κ1) is 15.3. The van der Waals surface area contributed by atoms with E-state index in [1.807, 2.05) is 30.3 Å². The molecule has 0 saturated heterocycles. The lowest BCUT2D eigenvalue weighted by molar-refractivity contribution is -0.384. The Morgan fingerprint density at radius 2 is 1.95 bits per heavy atom. The Morgan fingerprint density at radius 3 is 2.57 bits per heavy atom. The third kappa shape index (κ3) is 4.21. The van der Waals surface area contributed by atoms with E-state index in [-0.39, 0.29) is 23.1 Å². The third-order valence-electron chi connectivity index (χ3n) is 2.52. The minimum atomic E-state index is -0.489. The van der Waals surface area contributed by atoms with Crippen LogP contribution >= 0.6 is 23.4 Å². The SMILES string of the molecule is NC(CCl)=Nc1cc(Sc2ccccc2)ccc1[N+](=O)[O-]. The molecule has 0 saturated carbocycles. The van der Waals surface area contributed by atoms with Crippen LogP contribution in [0, 0.1) is 10.1 Å². The van der Waals surface area contributed by atoms with Crippen LogP contribution in [0.3, 0.4) is 0 Å². The molecule has 0 aliphatic heterocycles. The molecule has 0 fully saturated rings. The summed E-state index contributed by atoms with van der Waals surface area (Å²) in [5, 5.41) is 11.0. The van der Waals surface area contributed by atoms with E-state index in [0.29, 0.717) is 0 Å². The normalized spacial score (nSPS) is 11.4. The highest BCUT2D eigenvalue weighted by atomic mass is 35.5. The molecule has 5 nitrogen and oxygen atoms in total. The van der Waals surface area contributed by atoms with Gasteiger partial charge < -0.3 is 5.73 Å². The molecule has 0 unspecified atom stereocenters. The quantitative estimate of drug-likeness (QED) is 0.297. The number of nitro groups is 1. The van der Waals surface area contributed by atoms with Crippen molar-refractivity contribution in [1.29, 1.82) is 0 Å². The molecule has 2 aromatic carbocycles. The Kier molecular flexibility index (Phi) is 5.19. The van der Waals surface area contributed by atoms with E-state index in [1.165, 1.54) is 17.8 Å². The Bertz CT molecular complexity index is 677. The van der Waals surface area contributed by atoms with Gasteiger partial charge in [-0.15, -0.1) is 11.6 Å². The smallest absolute Gasteiger partial charge is 0.294 e. The molecule has 0 heterocycles. The minimum Gasteiger partial charge on any atom is -0.386 e. The molecule has 0 amide bonds. The van der Waals surface area contributed by atoms with Crippen LogP contribution in [-0.4, -0.2) is 16.6 Å². The van der Waals surface area contributed by atoms with Gasteiger partial charge in [0.15, 0.2) is 0 Å². The molecule has 0 atom stereocenters. The van der Waals surface area contributed by atoms with Gasteiger partial charge >= 0.3 is 0 Å². The van der Waals surface area contributed by atoms with Gasteiger partial charge in [-0.2, -0.15) is 0 Å². The van der Waals surface area contributed by atoms with Crippen molar-refractivity contribution in [3.63, 3.8) is 0 Å². The number of rotatable bonds is 5. The van der Waals surface area contributed by atoms with Gasteiger partial charge in [0.05, 0.1) is 10.8 Å². The molecule has 0 spiro atoms. The molecule has 0 bridgehead atoms. The molecule has 0 aliphatic rings. The van der Waals surface area contributed by atoms with Crippen LogP contribution in [0.15, 0.2) is 63.3 Å². The number of hydrogen-bond donors (Lipinski definition) is 1. The lowest BCUT2D eigenvalue weighted by Gasteiger charge is -2.04. The average molecular weight is 322 g/mol. The van der Waals surface area contributed by atoms with Gasteiger partial charge in [0, 0.05) is 15.9 Å². The Morgan fingerprint density at radius 1 is 1.24 bits per heavy atom. The molecule has 21 heavy (non-hydrogen) atoms. The summed E-state index contributed by atoms with van der Waals surface area (Å²) >= 11 is 7.06. The standard InChI is InChI=1S/C14H12ClN3O2S/c15-9-14(16)17-12-8-11(6-7-13(12)18(19)20)21-10-4-2-1-3-5-10/h1-8H,9H2,(H2,16,17). The molecule has 0 radical (unpaired) electrons. The lowest BCUT2D eigenvalue weighted by atomic mass is 10.3. The van der Waals surface area contributed by atoms with Gasteiger partial charge in [0.2, 0.25) is 0 Å². The van der Waals surface area contributed by atoms with Crippen LogP contribution in [0.4, 0.5) is 11.4 Å². The number of halogens is 1. The summed E-state index contributed by atoms with van der Waals surface area (Å²) < 4.78 is 0. The summed E-state index contributed by atoms with van der Waals surface area (Å²) in [5.74, 6) is 0.161. The van der Waals surface area contributed by atoms with Crippen molar-refractivity contribution in [2.24, 2.45) is 10.7 Å². The first-order chi connectivity index (χ1) is 10.1. The van der Waals surface area contributed by atoms with Crippen LogP contribution in [0.5, 0.6) is 0 Å². The average Bonchev–Trinajstić information content (AvgIpc) is 2.48. The summed E-state index contributed by atoms with van der Waals surface area (Å²) in [6, 6.07) is 14.4. The van der Waals surface area contributed by atoms with Gasteiger partial charge in [0.1, 0.15) is 11.5 Å². The Balaban J connectivity index is 2.37. The van der Waals surface area contributed by atoms with Crippen molar-refractivity contribution in [3.8, 4) is 0 Å². The third-order valence-corrected chi connectivity index (χ3v) is 3.79. The summed E-state index contributed by atoms with van der Waals surface area (Å²) in [5.41, 5.74) is 5.68. The zero-order valence-electron chi connectivity index (χ0n) is 10.9. The van der Waals surface area contributed by atoms with Crippen molar-refractivity contribution in [1.82, 2.24) is 0 Å². The topological polar surface area (TPSA) is 81.5 Å². The molecular weight excluding hydrogens is 310 g/mol. The zero-order chi connectivity index (χ0) is 15.2. The summed E-state index contributed by atoms with van der Waals surface area (Å²) in [6.45, 7) is 0. The van der Waals surface area contributed by atoms with E-state index in [4.69, 9.17) is 17.3 Å². The van der Waals surface area contributed by atoms with E-state index in [0.717, 1.165) is 9.79 Å². The number of aliphatic imine (C=N–C) groups is 1. The predicted molar refractivity (Wildman–Crippen MR) is 85.7 cm³/mol. The van der Waals surface area contributed by atoms with Crippen molar-refractivity contribution < 1.29 is 4.92 Å². The predicted octanol–water partition coefficient (Wildman–Crippen LogP) is 3.97. The molecule has 2 aromatic rings. The fourth-order valence-corrected chi connectivity index (χ4v) is 2.55. The van der Waals surface area contributed by atoms with E-state index in [2.05, 4.69) is 4.99 Å². The fourth-order valence-electron chi connectivity index (χ4n) is 1.62. The maximum Gasteiger partial charge on any atom is 0.294 e. The van der Waals surface area contributed by atoms with E-state index in [9.17, 15) is 10.1 Å². The molecular formula is C14H12ClN3O2S. The Labute approximate surface area is 131 Å². The lowest BCUT2D eigenvalue weighted by Crippen LogP contribution is -2.12. The zero-order valence-corrected chi connectivity index (χ0v) is 12.5. The van der Waals surface area contributed by atoms with E-state index < -0.39 is 4.92 Å². The molecule has 7 heteroatoms. The van der Waals surface area contributed by atoms with Gasteiger partial charge in [0.25, 0.3) is 5.69 Å². The number of hydrogen-bond acceptors (Lipinski definition) is 4. The van der Waals surface area contributed by atoms with Crippen molar-refractivity contribution in [2.75, 3.05) is 5.88 Å². The number of nitrogens with zero attached hydrogens (tertiary/aromatic N) is 2. The second kappa shape index (κ2) is 7.10. The van der Waals surface area contributed by atoms with Crippen LogP contribution < -0.4 is 5.73 Å². The van der Waals surface area contributed by atoms with Crippen molar-refractivity contribution >= 4 is 40.6 Å². The molecule has 2 N–H and O–H groups in total. The second-order valence-electron chi connectivity index (χ2n) is 4.06. The highest BCUT2D eigenvalue weighted by Gasteiger charge is 2.14.